The number of esters is 1. The summed E-state index contributed by atoms with van der Waals surface area (Å²) in [7, 11) is 2.75. The molecule has 9 nitrogen and oxygen atoms in total. The number of methoxy groups -OCH3 is 2. The van der Waals surface area contributed by atoms with Gasteiger partial charge in [0.25, 0.3) is 0 Å². The van der Waals surface area contributed by atoms with Crippen LogP contribution >= 0.6 is 0 Å². The van der Waals surface area contributed by atoms with Crippen LogP contribution in [0.3, 0.4) is 0 Å². The smallest absolute Gasteiger partial charge is 0.338 e. The SMILES string of the molecule is COc1cc(C(=O)OC[C@H]2O[C@@H](OC)[C@H](O)[C@@H](O)[C@@H]2O)ccc1OCc1ccccc1. The third kappa shape index (κ3) is 5.52. The molecule has 1 fully saturated rings. The number of hydrogen-bond acceptors (Lipinski definition) is 9. The summed E-state index contributed by atoms with van der Waals surface area (Å²) in [5.74, 6) is 0.143. The first-order valence-electron chi connectivity index (χ1n) is 9.69. The average molecular weight is 434 g/mol. The van der Waals surface area contributed by atoms with E-state index in [1.807, 2.05) is 30.3 Å². The minimum Gasteiger partial charge on any atom is -0.493 e. The second kappa shape index (κ2) is 10.6. The van der Waals surface area contributed by atoms with Crippen LogP contribution in [0.15, 0.2) is 48.5 Å². The summed E-state index contributed by atoms with van der Waals surface area (Å²) in [5.41, 5.74) is 1.19. The molecule has 1 aliphatic heterocycles. The number of hydrogen-bond donors (Lipinski definition) is 3. The maximum Gasteiger partial charge on any atom is 0.338 e. The van der Waals surface area contributed by atoms with Gasteiger partial charge in [-0.05, 0) is 23.8 Å². The van der Waals surface area contributed by atoms with Crippen LogP contribution < -0.4 is 9.47 Å². The number of carbonyl (C=O) groups excluding carboxylic acids is 1. The standard InChI is InChI=1S/C22H26O9/c1-27-16-10-14(8-9-15(16)29-11-13-6-4-3-5-7-13)21(26)30-12-17-18(23)19(24)20(25)22(28-2)31-17/h3-10,17-20,22-25H,11-12H2,1-2H3/t17-,18-,19+,20-,22-/m1/s1. The van der Waals surface area contributed by atoms with Gasteiger partial charge in [-0.25, -0.2) is 4.79 Å². The zero-order valence-electron chi connectivity index (χ0n) is 17.2. The minimum absolute atomic E-state index is 0.207. The Bertz CT molecular complexity index is 855. The molecule has 2 aromatic carbocycles. The maximum atomic E-state index is 12.5. The average Bonchev–Trinajstić information content (AvgIpc) is 2.81. The summed E-state index contributed by atoms with van der Waals surface area (Å²) in [5, 5.41) is 29.7. The van der Waals surface area contributed by atoms with E-state index < -0.39 is 36.7 Å². The van der Waals surface area contributed by atoms with Crippen molar-refractivity contribution in [1.29, 1.82) is 0 Å². The summed E-state index contributed by atoms with van der Waals surface area (Å²) < 4.78 is 26.6. The third-order valence-electron chi connectivity index (χ3n) is 4.92. The Kier molecular flexibility index (Phi) is 7.83. The predicted molar refractivity (Wildman–Crippen MR) is 108 cm³/mol. The lowest BCUT2D eigenvalue weighted by atomic mass is 9.99. The zero-order chi connectivity index (χ0) is 22.4. The monoisotopic (exact) mass is 434 g/mol. The van der Waals surface area contributed by atoms with Crippen molar-refractivity contribution in [1.82, 2.24) is 0 Å². The van der Waals surface area contributed by atoms with Gasteiger partial charge in [-0.2, -0.15) is 0 Å². The Balaban J connectivity index is 1.61. The van der Waals surface area contributed by atoms with Crippen LogP contribution in [0.25, 0.3) is 0 Å². The van der Waals surface area contributed by atoms with Crippen molar-refractivity contribution in [2.75, 3.05) is 20.8 Å². The first-order chi connectivity index (χ1) is 14.9. The summed E-state index contributed by atoms with van der Waals surface area (Å²) in [6.07, 6.45) is -6.58. The fraction of sp³-hybridized carbons (Fsp3) is 0.409. The molecule has 0 spiro atoms. The van der Waals surface area contributed by atoms with Crippen molar-refractivity contribution in [2.24, 2.45) is 0 Å². The van der Waals surface area contributed by atoms with Crippen LogP contribution in [-0.4, -0.2) is 72.8 Å². The fourth-order valence-corrected chi connectivity index (χ4v) is 3.14. The third-order valence-corrected chi connectivity index (χ3v) is 4.92. The van der Waals surface area contributed by atoms with E-state index in [1.165, 1.54) is 26.4 Å². The number of benzene rings is 2. The lowest BCUT2D eigenvalue weighted by Crippen LogP contribution is -2.59. The van der Waals surface area contributed by atoms with Gasteiger partial charge >= 0.3 is 5.97 Å². The molecule has 1 saturated heterocycles. The molecule has 0 aliphatic carbocycles. The highest BCUT2D eigenvalue weighted by Crippen LogP contribution is 2.29. The molecule has 0 aromatic heterocycles. The Hall–Kier alpha value is -2.69. The van der Waals surface area contributed by atoms with Gasteiger partial charge in [-0.3, -0.25) is 0 Å². The van der Waals surface area contributed by atoms with E-state index >= 15 is 0 Å². The number of ether oxygens (including phenoxy) is 5. The molecule has 0 bridgehead atoms. The van der Waals surface area contributed by atoms with Crippen molar-refractivity contribution in [3.05, 3.63) is 59.7 Å². The van der Waals surface area contributed by atoms with Gasteiger partial charge in [0.2, 0.25) is 0 Å². The number of carbonyl (C=O) groups is 1. The quantitative estimate of drug-likeness (QED) is 0.520. The van der Waals surface area contributed by atoms with Gasteiger partial charge in [0.05, 0.1) is 12.7 Å². The summed E-state index contributed by atoms with van der Waals surface area (Å²) in [6.45, 7) is -0.00897. The normalized spacial score (nSPS) is 25.6. The number of aliphatic hydroxyl groups excluding tert-OH is 3. The predicted octanol–water partition coefficient (Wildman–Crippen LogP) is 0.885. The van der Waals surface area contributed by atoms with Crippen LogP contribution in [0, 0.1) is 0 Å². The molecule has 0 radical (unpaired) electrons. The van der Waals surface area contributed by atoms with Gasteiger partial charge < -0.3 is 39.0 Å². The van der Waals surface area contributed by atoms with Crippen molar-refractivity contribution < 1.29 is 43.8 Å². The highest BCUT2D eigenvalue weighted by atomic mass is 16.7. The highest BCUT2D eigenvalue weighted by Gasteiger charge is 2.44. The molecule has 1 heterocycles. The Labute approximate surface area is 179 Å². The van der Waals surface area contributed by atoms with E-state index in [0.29, 0.717) is 18.1 Å². The Morgan fingerprint density at radius 1 is 0.968 bits per heavy atom. The maximum absolute atomic E-state index is 12.5. The van der Waals surface area contributed by atoms with Crippen LogP contribution in [-0.2, 0) is 20.8 Å². The van der Waals surface area contributed by atoms with Crippen molar-refractivity contribution in [3.63, 3.8) is 0 Å². The van der Waals surface area contributed by atoms with Gasteiger partial charge in [0.1, 0.15) is 37.6 Å². The lowest BCUT2D eigenvalue weighted by molar-refractivity contribution is -0.294. The first kappa shape index (κ1) is 23.0. The fourth-order valence-electron chi connectivity index (χ4n) is 3.14. The summed E-state index contributed by atoms with van der Waals surface area (Å²) in [6, 6.07) is 14.2. The van der Waals surface area contributed by atoms with E-state index in [1.54, 1.807) is 6.07 Å². The molecule has 3 rings (SSSR count). The highest BCUT2D eigenvalue weighted by molar-refractivity contribution is 5.90. The van der Waals surface area contributed by atoms with E-state index in [9.17, 15) is 20.1 Å². The van der Waals surface area contributed by atoms with Crippen LogP contribution in [0.1, 0.15) is 15.9 Å². The zero-order valence-corrected chi connectivity index (χ0v) is 17.2. The molecule has 0 amide bonds. The van der Waals surface area contributed by atoms with Crippen molar-refractivity contribution >= 4 is 5.97 Å². The largest absolute Gasteiger partial charge is 0.493 e. The van der Waals surface area contributed by atoms with E-state index in [4.69, 9.17) is 23.7 Å². The summed E-state index contributed by atoms with van der Waals surface area (Å²) in [4.78, 5) is 12.5. The van der Waals surface area contributed by atoms with Crippen molar-refractivity contribution in [3.8, 4) is 11.5 Å². The molecule has 9 heteroatoms. The second-order valence-electron chi connectivity index (χ2n) is 6.99. The number of rotatable bonds is 8. The second-order valence-corrected chi connectivity index (χ2v) is 6.99. The molecule has 0 saturated carbocycles. The Morgan fingerprint density at radius 2 is 1.71 bits per heavy atom. The molecule has 2 aromatic rings. The molecule has 31 heavy (non-hydrogen) atoms. The molecule has 5 atom stereocenters. The topological polar surface area (TPSA) is 124 Å². The van der Waals surface area contributed by atoms with Crippen LogP contribution in [0.4, 0.5) is 0 Å². The van der Waals surface area contributed by atoms with E-state index in [-0.39, 0.29) is 12.2 Å². The van der Waals surface area contributed by atoms with E-state index in [2.05, 4.69) is 0 Å². The van der Waals surface area contributed by atoms with Gasteiger partial charge in [0, 0.05) is 7.11 Å². The lowest BCUT2D eigenvalue weighted by Gasteiger charge is -2.39. The minimum atomic E-state index is -1.50. The van der Waals surface area contributed by atoms with Gasteiger partial charge in [0.15, 0.2) is 17.8 Å². The van der Waals surface area contributed by atoms with Gasteiger partial charge in [-0.1, -0.05) is 30.3 Å². The molecule has 168 valence electrons. The van der Waals surface area contributed by atoms with E-state index in [0.717, 1.165) is 5.56 Å². The van der Waals surface area contributed by atoms with Crippen molar-refractivity contribution in [2.45, 2.75) is 37.3 Å². The molecular formula is C22H26O9. The van der Waals surface area contributed by atoms with Gasteiger partial charge in [-0.15, -0.1) is 0 Å². The summed E-state index contributed by atoms with van der Waals surface area (Å²) >= 11 is 0. The van der Waals surface area contributed by atoms with Crippen LogP contribution in [0.5, 0.6) is 11.5 Å². The number of aliphatic hydroxyl groups is 3. The molecule has 1 aliphatic rings. The molecule has 3 N–H and O–H groups in total. The molecule has 0 unspecified atom stereocenters. The Morgan fingerprint density at radius 3 is 2.39 bits per heavy atom. The van der Waals surface area contributed by atoms with Crippen LogP contribution in [0.2, 0.25) is 0 Å². The molecular weight excluding hydrogens is 408 g/mol. The first-order valence-corrected chi connectivity index (χ1v) is 9.69.